The molecule has 1 aromatic rings. The molecule has 0 aliphatic rings. The van der Waals surface area contributed by atoms with Gasteiger partial charge in [0.25, 0.3) is 0 Å². The summed E-state index contributed by atoms with van der Waals surface area (Å²) >= 11 is 0. The Balaban J connectivity index is 2.45. The van der Waals surface area contributed by atoms with Crippen LogP contribution in [0.25, 0.3) is 0 Å². The van der Waals surface area contributed by atoms with Gasteiger partial charge in [0.1, 0.15) is 4.90 Å². The van der Waals surface area contributed by atoms with Gasteiger partial charge in [0.05, 0.1) is 24.6 Å². The van der Waals surface area contributed by atoms with Gasteiger partial charge in [-0.1, -0.05) is 6.07 Å². The van der Waals surface area contributed by atoms with Gasteiger partial charge in [-0.05, 0) is 18.6 Å². The number of nitrogen functional groups attached to an aromatic ring is 1. The third kappa shape index (κ3) is 5.33. The van der Waals surface area contributed by atoms with Crippen LogP contribution >= 0.6 is 0 Å². The highest BCUT2D eigenvalue weighted by molar-refractivity contribution is 7.89. The maximum atomic E-state index is 11.3. The van der Waals surface area contributed by atoms with Crippen molar-refractivity contribution in [1.29, 1.82) is 0 Å². The van der Waals surface area contributed by atoms with Crippen LogP contribution in [0.5, 0.6) is 0 Å². The maximum absolute atomic E-state index is 11.3. The SMILES string of the molecule is COCCOCCCNc1cccc(S(N)(=O)=O)c1N. The van der Waals surface area contributed by atoms with E-state index >= 15 is 0 Å². The Morgan fingerprint density at radius 3 is 2.65 bits per heavy atom. The maximum Gasteiger partial charge on any atom is 0.240 e. The molecule has 0 aromatic heterocycles. The second kappa shape index (κ2) is 8.05. The van der Waals surface area contributed by atoms with Crippen molar-refractivity contribution in [3.05, 3.63) is 18.2 Å². The zero-order chi connectivity index (χ0) is 15.0. The molecule has 0 aliphatic heterocycles. The number of hydrogen-bond acceptors (Lipinski definition) is 6. The fraction of sp³-hybridized carbons (Fsp3) is 0.500. The van der Waals surface area contributed by atoms with Crippen LogP contribution in [-0.2, 0) is 19.5 Å². The number of ether oxygens (including phenoxy) is 2. The van der Waals surface area contributed by atoms with Crippen molar-refractivity contribution >= 4 is 21.4 Å². The van der Waals surface area contributed by atoms with Gasteiger partial charge in [0.15, 0.2) is 0 Å². The number of nitrogens with one attached hydrogen (secondary N) is 1. The summed E-state index contributed by atoms with van der Waals surface area (Å²) in [6.07, 6.45) is 0.767. The molecule has 0 spiro atoms. The first-order chi connectivity index (χ1) is 9.46. The summed E-state index contributed by atoms with van der Waals surface area (Å²) in [4.78, 5) is -0.0705. The smallest absolute Gasteiger partial charge is 0.240 e. The molecule has 20 heavy (non-hydrogen) atoms. The molecule has 1 rings (SSSR count). The molecule has 8 heteroatoms. The molecule has 0 saturated carbocycles. The van der Waals surface area contributed by atoms with Crippen molar-refractivity contribution in [3.8, 4) is 0 Å². The molecule has 7 nitrogen and oxygen atoms in total. The molecule has 0 amide bonds. The third-order valence-electron chi connectivity index (χ3n) is 2.59. The van der Waals surface area contributed by atoms with E-state index < -0.39 is 10.0 Å². The Labute approximate surface area is 119 Å². The van der Waals surface area contributed by atoms with Crippen LogP contribution in [0.3, 0.4) is 0 Å². The Morgan fingerprint density at radius 2 is 2.00 bits per heavy atom. The number of anilines is 2. The van der Waals surface area contributed by atoms with Crippen molar-refractivity contribution in [2.75, 3.05) is 44.5 Å². The number of methoxy groups -OCH3 is 1. The summed E-state index contributed by atoms with van der Waals surface area (Å²) in [6.45, 7) is 2.33. The summed E-state index contributed by atoms with van der Waals surface area (Å²) in [7, 11) is -2.19. The Kier molecular flexibility index (Phi) is 6.73. The predicted octanol–water partition coefficient (Wildman–Crippen LogP) is 0.381. The van der Waals surface area contributed by atoms with E-state index in [0.717, 1.165) is 6.42 Å². The molecule has 114 valence electrons. The van der Waals surface area contributed by atoms with E-state index in [1.165, 1.54) is 6.07 Å². The van der Waals surface area contributed by atoms with E-state index in [4.69, 9.17) is 20.3 Å². The lowest BCUT2D eigenvalue weighted by atomic mass is 10.2. The standard InChI is InChI=1S/C12H21N3O4S/c1-18-8-9-19-7-3-6-15-10-4-2-5-11(12(10)13)20(14,16)17/h2,4-5,15H,3,6-9,13H2,1H3,(H2,14,16,17). The zero-order valence-electron chi connectivity index (χ0n) is 11.5. The lowest BCUT2D eigenvalue weighted by molar-refractivity contribution is 0.0705. The van der Waals surface area contributed by atoms with Crippen LogP contribution < -0.4 is 16.2 Å². The van der Waals surface area contributed by atoms with E-state index in [2.05, 4.69) is 5.32 Å². The Hall–Kier alpha value is -1.35. The molecule has 1 aromatic carbocycles. The van der Waals surface area contributed by atoms with E-state index in [1.54, 1.807) is 19.2 Å². The zero-order valence-corrected chi connectivity index (χ0v) is 12.3. The van der Waals surface area contributed by atoms with E-state index in [9.17, 15) is 8.42 Å². The van der Waals surface area contributed by atoms with Crippen LogP contribution in [0.1, 0.15) is 6.42 Å². The third-order valence-corrected chi connectivity index (χ3v) is 3.55. The number of para-hydroxylation sites is 1. The quantitative estimate of drug-likeness (QED) is 0.448. The van der Waals surface area contributed by atoms with Crippen molar-refractivity contribution in [2.45, 2.75) is 11.3 Å². The van der Waals surface area contributed by atoms with Gasteiger partial charge in [0, 0.05) is 20.3 Å². The average Bonchev–Trinajstić information content (AvgIpc) is 2.38. The van der Waals surface area contributed by atoms with Crippen molar-refractivity contribution < 1.29 is 17.9 Å². The minimum Gasteiger partial charge on any atom is -0.396 e. The average molecular weight is 303 g/mol. The number of rotatable bonds is 9. The number of nitrogens with two attached hydrogens (primary N) is 2. The summed E-state index contributed by atoms with van der Waals surface area (Å²) < 4.78 is 32.8. The minimum absolute atomic E-state index is 0.0705. The van der Waals surface area contributed by atoms with Crippen LogP contribution in [0.4, 0.5) is 11.4 Å². The molecule has 0 atom stereocenters. The molecule has 0 heterocycles. The predicted molar refractivity (Wildman–Crippen MR) is 78.0 cm³/mol. The van der Waals surface area contributed by atoms with E-state index in [1.807, 2.05) is 0 Å². The van der Waals surface area contributed by atoms with Crippen molar-refractivity contribution in [2.24, 2.45) is 5.14 Å². The fourth-order valence-corrected chi connectivity index (χ4v) is 2.27. The number of sulfonamides is 1. The summed E-state index contributed by atoms with van der Waals surface area (Å²) in [5, 5.41) is 8.14. The number of hydrogen-bond donors (Lipinski definition) is 3. The molecule has 0 bridgehead atoms. The van der Waals surface area contributed by atoms with Gasteiger partial charge in [0.2, 0.25) is 10.0 Å². The highest BCUT2D eigenvalue weighted by Gasteiger charge is 2.14. The fourth-order valence-electron chi connectivity index (χ4n) is 1.59. The first-order valence-corrected chi connectivity index (χ1v) is 7.73. The minimum atomic E-state index is -3.81. The molecule has 5 N–H and O–H groups in total. The monoisotopic (exact) mass is 303 g/mol. The topological polar surface area (TPSA) is 117 Å². The van der Waals surface area contributed by atoms with Gasteiger partial charge in [-0.25, -0.2) is 13.6 Å². The molecule has 0 saturated heterocycles. The highest BCUT2D eigenvalue weighted by Crippen LogP contribution is 2.25. The molecular formula is C12H21N3O4S. The van der Waals surface area contributed by atoms with Crippen molar-refractivity contribution in [3.63, 3.8) is 0 Å². The highest BCUT2D eigenvalue weighted by atomic mass is 32.2. The Bertz CT molecular complexity index is 519. The molecule has 0 aliphatic carbocycles. The van der Waals surface area contributed by atoms with Crippen LogP contribution in [-0.4, -0.2) is 41.9 Å². The lowest BCUT2D eigenvalue weighted by Gasteiger charge is -2.12. The van der Waals surface area contributed by atoms with Gasteiger partial charge in [-0.3, -0.25) is 0 Å². The summed E-state index contributed by atoms with van der Waals surface area (Å²) in [6, 6.07) is 4.67. The summed E-state index contributed by atoms with van der Waals surface area (Å²) in [5.74, 6) is 0. The van der Waals surface area contributed by atoms with Gasteiger partial charge < -0.3 is 20.5 Å². The number of primary sulfonamides is 1. The largest absolute Gasteiger partial charge is 0.396 e. The van der Waals surface area contributed by atoms with Gasteiger partial charge >= 0.3 is 0 Å². The molecule has 0 fully saturated rings. The first kappa shape index (κ1) is 16.7. The van der Waals surface area contributed by atoms with Crippen LogP contribution in [0, 0.1) is 0 Å². The number of benzene rings is 1. The van der Waals surface area contributed by atoms with Crippen LogP contribution in [0.2, 0.25) is 0 Å². The first-order valence-electron chi connectivity index (χ1n) is 6.18. The molecule has 0 radical (unpaired) electrons. The van der Waals surface area contributed by atoms with Gasteiger partial charge in [-0.2, -0.15) is 0 Å². The van der Waals surface area contributed by atoms with Crippen LogP contribution in [0.15, 0.2) is 23.1 Å². The van der Waals surface area contributed by atoms with E-state index in [0.29, 0.717) is 32.1 Å². The van der Waals surface area contributed by atoms with Crippen molar-refractivity contribution in [1.82, 2.24) is 0 Å². The normalized spacial score (nSPS) is 11.5. The van der Waals surface area contributed by atoms with Gasteiger partial charge in [-0.15, -0.1) is 0 Å². The Morgan fingerprint density at radius 1 is 1.25 bits per heavy atom. The molecular weight excluding hydrogens is 282 g/mol. The second-order valence-electron chi connectivity index (χ2n) is 4.15. The lowest BCUT2D eigenvalue weighted by Crippen LogP contribution is -2.16. The molecule has 0 unspecified atom stereocenters. The second-order valence-corrected chi connectivity index (χ2v) is 5.68. The van der Waals surface area contributed by atoms with E-state index in [-0.39, 0.29) is 10.6 Å². The summed E-state index contributed by atoms with van der Waals surface area (Å²) in [5.41, 5.74) is 6.46.